The number of fused-ring (bicyclic) bond motifs is 1. The first kappa shape index (κ1) is 10.2. The fraction of sp³-hybridized carbons (Fsp3) is 0.250. The normalized spacial score (nSPS) is 10.9. The number of aromatic nitrogens is 1. The second kappa shape index (κ2) is 4.07. The number of hydrogen-bond donors (Lipinski definition) is 1. The fourth-order valence-electron chi connectivity index (χ4n) is 1.47. The zero-order valence-electron chi connectivity index (χ0n) is 8.79. The van der Waals surface area contributed by atoms with Crippen LogP contribution in [0.15, 0.2) is 30.3 Å². The Bertz CT molecular complexity index is 480. The Morgan fingerprint density at radius 3 is 2.73 bits per heavy atom. The number of hydrogen-bond acceptors (Lipinski definition) is 2. The van der Waals surface area contributed by atoms with Crippen LogP contribution in [0.4, 0.5) is 5.82 Å². The molecule has 0 fully saturated rings. The number of rotatable bonds is 2. The summed E-state index contributed by atoms with van der Waals surface area (Å²) in [6.45, 7) is 4.18. The average Bonchev–Trinajstić information content (AvgIpc) is 2.17. The van der Waals surface area contributed by atoms with E-state index in [1.807, 2.05) is 30.3 Å². The Morgan fingerprint density at radius 1 is 1.20 bits per heavy atom. The molecule has 3 heteroatoms. The standard InChI is InChI=1S/C12H13ClN2/c1-8(2)14-12-6-3-9-7-10(13)4-5-11(9)15-12/h3-8H,1-2H3,(H,14,15). The lowest BCUT2D eigenvalue weighted by molar-refractivity contribution is 0.891. The molecule has 0 aliphatic rings. The van der Waals surface area contributed by atoms with Crippen LogP contribution >= 0.6 is 11.6 Å². The summed E-state index contributed by atoms with van der Waals surface area (Å²) in [5, 5.41) is 5.08. The summed E-state index contributed by atoms with van der Waals surface area (Å²) in [4.78, 5) is 4.49. The zero-order chi connectivity index (χ0) is 10.8. The van der Waals surface area contributed by atoms with Gasteiger partial charge in [0.15, 0.2) is 0 Å². The van der Waals surface area contributed by atoms with Crippen molar-refractivity contribution >= 4 is 28.3 Å². The first-order chi connectivity index (χ1) is 7.15. The van der Waals surface area contributed by atoms with Crippen molar-refractivity contribution in [1.82, 2.24) is 4.98 Å². The van der Waals surface area contributed by atoms with E-state index in [0.29, 0.717) is 6.04 Å². The molecule has 0 unspecified atom stereocenters. The van der Waals surface area contributed by atoms with Crippen molar-refractivity contribution in [2.45, 2.75) is 19.9 Å². The number of benzene rings is 1. The van der Waals surface area contributed by atoms with Gasteiger partial charge in [0.2, 0.25) is 0 Å². The number of nitrogens with zero attached hydrogens (tertiary/aromatic N) is 1. The Kier molecular flexibility index (Phi) is 2.78. The molecule has 0 aliphatic carbocycles. The van der Waals surface area contributed by atoms with Gasteiger partial charge in [0, 0.05) is 16.5 Å². The molecule has 15 heavy (non-hydrogen) atoms. The highest BCUT2D eigenvalue weighted by molar-refractivity contribution is 6.31. The van der Waals surface area contributed by atoms with Crippen LogP contribution in [-0.2, 0) is 0 Å². The second-order valence-corrected chi connectivity index (χ2v) is 4.27. The number of halogens is 1. The third-order valence-electron chi connectivity index (χ3n) is 2.09. The molecule has 1 heterocycles. The predicted molar refractivity (Wildman–Crippen MR) is 65.5 cm³/mol. The maximum Gasteiger partial charge on any atom is 0.126 e. The predicted octanol–water partition coefficient (Wildman–Crippen LogP) is 3.71. The molecule has 2 rings (SSSR count). The second-order valence-electron chi connectivity index (χ2n) is 3.83. The summed E-state index contributed by atoms with van der Waals surface area (Å²) in [5.41, 5.74) is 0.963. The Morgan fingerprint density at radius 2 is 2.00 bits per heavy atom. The topological polar surface area (TPSA) is 24.9 Å². The molecule has 0 radical (unpaired) electrons. The van der Waals surface area contributed by atoms with Gasteiger partial charge in [-0.2, -0.15) is 0 Å². The molecule has 1 aromatic heterocycles. The first-order valence-corrected chi connectivity index (χ1v) is 5.36. The summed E-state index contributed by atoms with van der Waals surface area (Å²) in [6.07, 6.45) is 0. The molecular weight excluding hydrogens is 208 g/mol. The van der Waals surface area contributed by atoms with Crippen LogP contribution in [0, 0.1) is 0 Å². The van der Waals surface area contributed by atoms with Crippen molar-refractivity contribution in [1.29, 1.82) is 0 Å². The molecule has 1 N–H and O–H groups in total. The minimum atomic E-state index is 0.391. The zero-order valence-corrected chi connectivity index (χ0v) is 9.55. The lowest BCUT2D eigenvalue weighted by Crippen LogP contribution is -2.10. The molecule has 0 amide bonds. The lowest BCUT2D eigenvalue weighted by Gasteiger charge is -2.09. The van der Waals surface area contributed by atoms with Crippen LogP contribution in [0.5, 0.6) is 0 Å². The van der Waals surface area contributed by atoms with Gasteiger partial charge in [-0.1, -0.05) is 11.6 Å². The molecule has 0 bridgehead atoms. The van der Waals surface area contributed by atoms with Gasteiger partial charge in [-0.15, -0.1) is 0 Å². The smallest absolute Gasteiger partial charge is 0.126 e. The van der Waals surface area contributed by atoms with Crippen LogP contribution in [0.3, 0.4) is 0 Å². The maximum absolute atomic E-state index is 5.90. The molecule has 0 aliphatic heterocycles. The molecule has 1 aromatic carbocycles. The van der Waals surface area contributed by atoms with Crippen LogP contribution in [0.2, 0.25) is 5.02 Å². The molecule has 2 nitrogen and oxygen atoms in total. The van der Waals surface area contributed by atoms with Gasteiger partial charge in [-0.05, 0) is 44.2 Å². The van der Waals surface area contributed by atoms with E-state index < -0.39 is 0 Å². The van der Waals surface area contributed by atoms with Crippen molar-refractivity contribution in [3.05, 3.63) is 35.4 Å². The minimum absolute atomic E-state index is 0.391. The van der Waals surface area contributed by atoms with E-state index in [1.54, 1.807) is 0 Å². The van der Waals surface area contributed by atoms with Gasteiger partial charge in [-0.25, -0.2) is 4.98 Å². The average molecular weight is 221 g/mol. The van der Waals surface area contributed by atoms with Crippen LogP contribution < -0.4 is 5.32 Å². The van der Waals surface area contributed by atoms with Crippen molar-refractivity contribution in [2.24, 2.45) is 0 Å². The summed E-state index contributed by atoms with van der Waals surface area (Å²) >= 11 is 5.90. The van der Waals surface area contributed by atoms with Crippen LogP contribution in [0.1, 0.15) is 13.8 Å². The molecule has 2 aromatic rings. The summed E-state index contributed by atoms with van der Waals surface area (Å²) in [6, 6.07) is 10.1. The third kappa shape index (κ3) is 2.39. The number of pyridine rings is 1. The minimum Gasteiger partial charge on any atom is -0.368 e. The quantitative estimate of drug-likeness (QED) is 0.835. The maximum atomic E-state index is 5.90. The van der Waals surface area contributed by atoms with Crippen LogP contribution in [-0.4, -0.2) is 11.0 Å². The molecule has 0 spiro atoms. The molecular formula is C12H13ClN2. The van der Waals surface area contributed by atoms with E-state index >= 15 is 0 Å². The van der Waals surface area contributed by atoms with E-state index in [1.165, 1.54) is 0 Å². The highest BCUT2D eigenvalue weighted by atomic mass is 35.5. The van der Waals surface area contributed by atoms with E-state index in [9.17, 15) is 0 Å². The third-order valence-corrected chi connectivity index (χ3v) is 2.32. The molecule has 0 atom stereocenters. The van der Waals surface area contributed by atoms with Gasteiger partial charge in [0.25, 0.3) is 0 Å². The molecule has 0 saturated heterocycles. The van der Waals surface area contributed by atoms with Crippen molar-refractivity contribution in [3.63, 3.8) is 0 Å². The van der Waals surface area contributed by atoms with E-state index in [4.69, 9.17) is 11.6 Å². The summed E-state index contributed by atoms with van der Waals surface area (Å²) < 4.78 is 0. The first-order valence-electron chi connectivity index (χ1n) is 4.98. The summed E-state index contributed by atoms with van der Waals surface area (Å²) in [5.74, 6) is 0.903. The summed E-state index contributed by atoms with van der Waals surface area (Å²) in [7, 11) is 0. The van der Waals surface area contributed by atoms with E-state index in [-0.39, 0.29) is 0 Å². The highest BCUT2D eigenvalue weighted by Crippen LogP contribution is 2.19. The lowest BCUT2D eigenvalue weighted by atomic mass is 10.2. The van der Waals surface area contributed by atoms with Gasteiger partial charge in [0.05, 0.1) is 5.52 Å². The monoisotopic (exact) mass is 220 g/mol. The highest BCUT2D eigenvalue weighted by Gasteiger charge is 2.00. The number of anilines is 1. The van der Waals surface area contributed by atoms with Gasteiger partial charge >= 0.3 is 0 Å². The Labute approximate surface area is 94.3 Å². The SMILES string of the molecule is CC(C)Nc1ccc2cc(Cl)ccc2n1. The van der Waals surface area contributed by atoms with Crippen molar-refractivity contribution in [2.75, 3.05) is 5.32 Å². The van der Waals surface area contributed by atoms with Crippen molar-refractivity contribution < 1.29 is 0 Å². The fourth-order valence-corrected chi connectivity index (χ4v) is 1.65. The number of nitrogens with one attached hydrogen (secondary N) is 1. The Balaban J connectivity index is 2.43. The van der Waals surface area contributed by atoms with E-state index in [2.05, 4.69) is 24.1 Å². The van der Waals surface area contributed by atoms with Crippen LogP contribution in [0.25, 0.3) is 10.9 Å². The van der Waals surface area contributed by atoms with E-state index in [0.717, 1.165) is 21.7 Å². The molecule has 0 saturated carbocycles. The van der Waals surface area contributed by atoms with Gasteiger partial charge < -0.3 is 5.32 Å². The van der Waals surface area contributed by atoms with Gasteiger partial charge in [-0.3, -0.25) is 0 Å². The van der Waals surface area contributed by atoms with Crippen molar-refractivity contribution in [3.8, 4) is 0 Å². The Hall–Kier alpha value is -1.28. The molecule has 78 valence electrons. The van der Waals surface area contributed by atoms with Gasteiger partial charge in [0.1, 0.15) is 5.82 Å². The largest absolute Gasteiger partial charge is 0.368 e.